The zero-order valence-corrected chi connectivity index (χ0v) is 10.4. The first-order valence-electron chi connectivity index (χ1n) is 5.41. The van der Waals surface area contributed by atoms with Crippen LogP contribution in [0.2, 0.25) is 0 Å². The predicted octanol–water partition coefficient (Wildman–Crippen LogP) is 3.06. The molecule has 0 aliphatic heterocycles. The summed E-state index contributed by atoms with van der Waals surface area (Å²) in [5.41, 5.74) is 8.40. The Balaban J connectivity index is 2.11. The van der Waals surface area contributed by atoms with E-state index in [2.05, 4.69) is 36.2 Å². The van der Waals surface area contributed by atoms with Gasteiger partial charge in [-0.25, -0.2) is 4.98 Å². The molecule has 2 aromatic rings. The molecule has 0 fully saturated rings. The van der Waals surface area contributed by atoms with Crippen LogP contribution >= 0.6 is 11.3 Å². The Morgan fingerprint density at radius 2 is 2.00 bits per heavy atom. The van der Waals surface area contributed by atoms with Gasteiger partial charge in [-0.2, -0.15) is 0 Å². The van der Waals surface area contributed by atoms with Crippen LogP contribution in [-0.2, 0) is 6.42 Å². The van der Waals surface area contributed by atoms with Gasteiger partial charge in [0.2, 0.25) is 0 Å². The third-order valence-corrected chi connectivity index (χ3v) is 3.69. The van der Waals surface area contributed by atoms with Crippen LogP contribution in [0.1, 0.15) is 34.0 Å². The summed E-state index contributed by atoms with van der Waals surface area (Å²) in [6.07, 6.45) is 2.79. The summed E-state index contributed by atoms with van der Waals surface area (Å²) in [5, 5.41) is 1.14. The minimum absolute atomic E-state index is 0.0873. The summed E-state index contributed by atoms with van der Waals surface area (Å²) in [4.78, 5) is 5.55. The number of nitrogens with zero attached hydrogens (tertiary/aromatic N) is 1. The first-order valence-corrected chi connectivity index (χ1v) is 6.22. The Labute approximate surface area is 100 Å². The Morgan fingerprint density at radius 3 is 2.56 bits per heavy atom. The Hall–Kier alpha value is -1.19. The highest BCUT2D eigenvalue weighted by Crippen LogP contribution is 2.21. The molecule has 0 saturated carbocycles. The topological polar surface area (TPSA) is 38.9 Å². The number of hydrogen-bond donors (Lipinski definition) is 1. The molecule has 1 heterocycles. The molecule has 16 heavy (non-hydrogen) atoms. The SMILES string of the molecule is Cc1ccc(Cc2ncc(C(C)N)s2)cc1. The van der Waals surface area contributed by atoms with E-state index >= 15 is 0 Å². The molecule has 2 N–H and O–H groups in total. The maximum Gasteiger partial charge on any atom is 0.0972 e. The molecule has 2 rings (SSSR count). The monoisotopic (exact) mass is 232 g/mol. The summed E-state index contributed by atoms with van der Waals surface area (Å²) in [6.45, 7) is 4.09. The van der Waals surface area contributed by atoms with Gasteiger partial charge in [0.05, 0.1) is 5.01 Å². The Bertz CT molecular complexity index is 457. The van der Waals surface area contributed by atoms with Gasteiger partial charge in [0, 0.05) is 23.5 Å². The standard InChI is InChI=1S/C13H16N2S/c1-9-3-5-11(6-4-9)7-13-15-8-12(16-13)10(2)14/h3-6,8,10H,7,14H2,1-2H3. The minimum atomic E-state index is 0.0873. The van der Waals surface area contributed by atoms with E-state index < -0.39 is 0 Å². The van der Waals surface area contributed by atoms with E-state index in [-0.39, 0.29) is 6.04 Å². The third-order valence-electron chi connectivity index (χ3n) is 2.50. The first-order chi connectivity index (χ1) is 7.65. The van der Waals surface area contributed by atoms with Crippen molar-refractivity contribution in [1.82, 2.24) is 4.98 Å². The second-order valence-corrected chi connectivity index (χ2v) is 5.25. The highest BCUT2D eigenvalue weighted by Gasteiger charge is 2.06. The minimum Gasteiger partial charge on any atom is -0.323 e. The summed E-state index contributed by atoms with van der Waals surface area (Å²) in [5.74, 6) is 0. The number of thiazole rings is 1. The summed E-state index contributed by atoms with van der Waals surface area (Å²) >= 11 is 1.70. The van der Waals surface area contributed by atoms with Crippen LogP contribution in [-0.4, -0.2) is 4.98 Å². The molecule has 1 atom stereocenters. The van der Waals surface area contributed by atoms with Crippen molar-refractivity contribution in [1.29, 1.82) is 0 Å². The van der Waals surface area contributed by atoms with Crippen molar-refractivity contribution in [3.63, 3.8) is 0 Å². The van der Waals surface area contributed by atoms with E-state index in [0.29, 0.717) is 0 Å². The van der Waals surface area contributed by atoms with E-state index in [1.54, 1.807) is 11.3 Å². The first kappa shape index (κ1) is 11.3. The van der Waals surface area contributed by atoms with Crippen molar-refractivity contribution in [2.24, 2.45) is 5.73 Å². The summed E-state index contributed by atoms with van der Waals surface area (Å²) in [7, 11) is 0. The van der Waals surface area contributed by atoms with Crippen molar-refractivity contribution in [3.8, 4) is 0 Å². The lowest BCUT2D eigenvalue weighted by Gasteiger charge is -1.99. The zero-order valence-electron chi connectivity index (χ0n) is 9.60. The lowest BCUT2D eigenvalue weighted by Crippen LogP contribution is -2.01. The number of rotatable bonds is 3. The van der Waals surface area contributed by atoms with E-state index in [0.717, 1.165) is 16.3 Å². The average molecular weight is 232 g/mol. The molecule has 1 aromatic heterocycles. The molecule has 3 heteroatoms. The maximum atomic E-state index is 5.81. The van der Waals surface area contributed by atoms with Crippen molar-refractivity contribution >= 4 is 11.3 Å². The molecule has 0 saturated heterocycles. The Morgan fingerprint density at radius 1 is 1.31 bits per heavy atom. The fourth-order valence-electron chi connectivity index (χ4n) is 1.50. The van der Waals surface area contributed by atoms with E-state index in [1.807, 2.05) is 13.1 Å². The fourth-order valence-corrected chi connectivity index (χ4v) is 2.40. The smallest absolute Gasteiger partial charge is 0.0972 e. The largest absolute Gasteiger partial charge is 0.323 e. The highest BCUT2D eigenvalue weighted by atomic mass is 32.1. The molecular formula is C13H16N2S. The van der Waals surface area contributed by atoms with Gasteiger partial charge in [0.1, 0.15) is 0 Å². The van der Waals surface area contributed by atoms with Crippen molar-refractivity contribution in [2.75, 3.05) is 0 Å². The quantitative estimate of drug-likeness (QED) is 0.883. The molecule has 0 amide bonds. The van der Waals surface area contributed by atoms with E-state index in [9.17, 15) is 0 Å². The molecule has 0 aliphatic rings. The van der Waals surface area contributed by atoms with Crippen molar-refractivity contribution in [2.45, 2.75) is 26.3 Å². The number of aromatic nitrogens is 1. The lowest BCUT2D eigenvalue weighted by atomic mass is 10.1. The van der Waals surface area contributed by atoms with Gasteiger partial charge in [0.15, 0.2) is 0 Å². The molecule has 1 aromatic carbocycles. The molecule has 84 valence electrons. The van der Waals surface area contributed by atoms with Crippen LogP contribution in [0.4, 0.5) is 0 Å². The second kappa shape index (κ2) is 4.76. The third kappa shape index (κ3) is 2.68. The second-order valence-electron chi connectivity index (χ2n) is 4.11. The van der Waals surface area contributed by atoms with E-state index in [1.165, 1.54) is 11.1 Å². The van der Waals surface area contributed by atoms with Crippen LogP contribution in [0.15, 0.2) is 30.5 Å². The summed E-state index contributed by atoms with van der Waals surface area (Å²) < 4.78 is 0. The maximum absolute atomic E-state index is 5.81. The fraction of sp³-hybridized carbons (Fsp3) is 0.308. The lowest BCUT2D eigenvalue weighted by molar-refractivity contribution is 0.835. The molecule has 0 aliphatic carbocycles. The van der Waals surface area contributed by atoms with Crippen molar-refractivity contribution in [3.05, 3.63) is 51.5 Å². The van der Waals surface area contributed by atoms with Crippen LogP contribution in [0.3, 0.4) is 0 Å². The molecule has 1 unspecified atom stereocenters. The zero-order chi connectivity index (χ0) is 11.5. The van der Waals surface area contributed by atoms with Crippen LogP contribution in [0.5, 0.6) is 0 Å². The average Bonchev–Trinajstić information content (AvgIpc) is 2.70. The highest BCUT2D eigenvalue weighted by molar-refractivity contribution is 7.11. The number of aryl methyl sites for hydroxylation is 1. The van der Waals surface area contributed by atoms with Crippen LogP contribution in [0, 0.1) is 6.92 Å². The molecule has 0 radical (unpaired) electrons. The van der Waals surface area contributed by atoms with Crippen LogP contribution in [0.25, 0.3) is 0 Å². The van der Waals surface area contributed by atoms with Gasteiger partial charge in [-0.1, -0.05) is 29.8 Å². The number of nitrogens with two attached hydrogens (primary N) is 1. The summed E-state index contributed by atoms with van der Waals surface area (Å²) in [6, 6.07) is 8.67. The van der Waals surface area contributed by atoms with Gasteiger partial charge >= 0.3 is 0 Å². The molecular weight excluding hydrogens is 216 g/mol. The Kier molecular flexibility index (Phi) is 3.36. The van der Waals surface area contributed by atoms with Gasteiger partial charge in [-0.15, -0.1) is 11.3 Å². The number of hydrogen-bond acceptors (Lipinski definition) is 3. The van der Waals surface area contributed by atoms with Gasteiger partial charge in [-0.3, -0.25) is 0 Å². The molecule has 0 bridgehead atoms. The number of benzene rings is 1. The molecule has 2 nitrogen and oxygen atoms in total. The van der Waals surface area contributed by atoms with E-state index in [4.69, 9.17) is 5.73 Å². The van der Waals surface area contributed by atoms with Crippen molar-refractivity contribution < 1.29 is 0 Å². The van der Waals surface area contributed by atoms with Gasteiger partial charge in [0.25, 0.3) is 0 Å². The molecule has 0 spiro atoms. The predicted molar refractivity (Wildman–Crippen MR) is 68.7 cm³/mol. The van der Waals surface area contributed by atoms with Gasteiger partial charge in [-0.05, 0) is 19.4 Å². The normalized spacial score (nSPS) is 12.7. The van der Waals surface area contributed by atoms with Gasteiger partial charge < -0.3 is 5.73 Å². The van der Waals surface area contributed by atoms with Crippen LogP contribution < -0.4 is 5.73 Å².